The lowest BCUT2D eigenvalue weighted by atomic mass is 10.0. The maximum atomic E-state index is 12.4. The lowest BCUT2D eigenvalue weighted by Gasteiger charge is -2.13. The van der Waals surface area contributed by atoms with Crippen LogP contribution in [0.25, 0.3) is 11.1 Å². The number of carbonyl (C=O) groups excluding carboxylic acids is 1. The van der Waals surface area contributed by atoms with Gasteiger partial charge in [-0.2, -0.15) is 0 Å². The molecule has 0 saturated heterocycles. The molecule has 0 radical (unpaired) electrons. The number of nitrogens with zero attached hydrogens (tertiary/aromatic N) is 2. The van der Waals surface area contributed by atoms with Crippen LogP contribution < -0.4 is 11.1 Å². The van der Waals surface area contributed by atoms with Crippen molar-refractivity contribution >= 4 is 28.4 Å². The van der Waals surface area contributed by atoms with Gasteiger partial charge in [0.05, 0.1) is 10.4 Å². The van der Waals surface area contributed by atoms with E-state index in [1.165, 1.54) is 18.2 Å². The predicted octanol–water partition coefficient (Wildman–Crippen LogP) is 3.26. The number of aromatic nitrogens is 1. The second-order valence-corrected chi connectivity index (χ2v) is 6.15. The fraction of sp³-hybridized carbons (Fsp3) is 0.222. The largest absolute Gasteiger partial charge is 0.420 e. The zero-order valence-electron chi connectivity index (χ0n) is 14.3. The average molecular weight is 355 g/mol. The van der Waals surface area contributed by atoms with Gasteiger partial charge in [0.15, 0.2) is 5.58 Å². The summed E-state index contributed by atoms with van der Waals surface area (Å²) >= 11 is 0. The van der Waals surface area contributed by atoms with Gasteiger partial charge in [0.25, 0.3) is 5.69 Å². The number of fused-ring (bicyclic) bond motifs is 1. The summed E-state index contributed by atoms with van der Waals surface area (Å²) in [5.74, 6) is -0.950. The van der Waals surface area contributed by atoms with Gasteiger partial charge in [-0.05, 0) is 23.6 Å². The first-order chi connectivity index (χ1) is 12.4. The van der Waals surface area contributed by atoms with E-state index in [2.05, 4.69) is 5.32 Å². The molecule has 0 aliphatic rings. The van der Waals surface area contributed by atoms with Crippen molar-refractivity contribution in [1.29, 1.82) is 0 Å². The van der Waals surface area contributed by atoms with Crippen LogP contribution in [0.5, 0.6) is 0 Å². The average Bonchev–Trinajstić information content (AvgIpc) is 2.90. The van der Waals surface area contributed by atoms with Gasteiger partial charge in [0.1, 0.15) is 6.54 Å². The lowest BCUT2D eigenvalue weighted by molar-refractivity contribution is -0.384. The molecule has 2 aromatic carbocycles. The molecule has 1 amide bonds. The van der Waals surface area contributed by atoms with E-state index in [4.69, 9.17) is 4.42 Å². The molecule has 3 rings (SSSR count). The second kappa shape index (κ2) is 6.83. The molecule has 0 atom stereocenters. The molecular formula is C18H17N3O5. The number of nitro benzene ring substituents is 1. The van der Waals surface area contributed by atoms with Crippen molar-refractivity contribution in [2.45, 2.75) is 26.3 Å². The number of carbonyl (C=O) groups is 1. The normalized spacial score (nSPS) is 11.0. The van der Waals surface area contributed by atoms with Crippen molar-refractivity contribution in [2.24, 2.45) is 0 Å². The third kappa shape index (κ3) is 3.34. The third-order valence-electron chi connectivity index (χ3n) is 4.02. The molecule has 0 saturated carbocycles. The van der Waals surface area contributed by atoms with E-state index in [1.807, 2.05) is 32.0 Å². The second-order valence-electron chi connectivity index (χ2n) is 6.15. The Morgan fingerprint density at radius 3 is 2.69 bits per heavy atom. The summed E-state index contributed by atoms with van der Waals surface area (Å²) in [7, 11) is 0. The van der Waals surface area contributed by atoms with Crippen molar-refractivity contribution < 1.29 is 14.1 Å². The van der Waals surface area contributed by atoms with Gasteiger partial charge in [-0.3, -0.25) is 19.5 Å². The number of non-ortho nitro benzene ring substituents is 1. The highest BCUT2D eigenvalue weighted by molar-refractivity contribution is 5.92. The first kappa shape index (κ1) is 17.4. The highest BCUT2D eigenvalue weighted by Gasteiger charge is 2.17. The number of amides is 1. The zero-order valence-corrected chi connectivity index (χ0v) is 14.3. The highest BCUT2D eigenvalue weighted by Crippen LogP contribution is 2.24. The molecule has 0 spiro atoms. The number of rotatable bonds is 5. The van der Waals surface area contributed by atoms with Gasteiger partial charge >= 0.3 is 5.76 Å². The number of oxazole rings is 1. The number of hydrogen-bond acceptors (Lipinski definition) is 5. The molecule has 134 valence electrons. The van der Waals surface area contributed by atoms with Gasteiger partial charge in [-0.15, -0.1) is 0 Å². The molecular weight excluding hydrogens is 338 g/mol. The number of anilines is 1. The Morgan fingerprint density at radius 2 is 2.00 bits per heavy atom. The maximum absolute atomic E-state index is 12.4. The minimum Gasteiger partial charge on any atom is -0.408 e. The van der Waals surface area contributed by atoms with Gasteiger partial charge in [0.2, 0.25) is 5.91 Å². The fourth-order valence-electron chi connectivity index (χ4n) is 2.76. The SMILES string of the molecule is CC(C)c1ccccc1NC(=O)Cn1c(=O)oc2ccc([N+](=O)[O-])cc21. The van der Waals surface area contributed by atoms with E-state index in [9.17, 15) is 19.7 Å². The molecule has 8 heteroatoms. The Kier molecular flexibility index (Phi) is 4.57. The minimum atomic E-state index is -0.743. The van der Waals surface area contributed by atoms with E-state index in [1.54, 1.807) is 6.07 Å². The number of nitro groups is 1. The van der Waals surface area contributed by atoms with Crippen molar-refractivity contribution in [3.8, 4) is 0 Å². The summed E-state index contributed by atoms with van der Waals surface area (Å²) in [5.41, 5.74) is 1.85. The van der Waals surface area contributed by atoms with Crippen LogP contribution in [-0.4, -0.2) is 15.4 Å². The summed E-state index contributed by atoms with van der Waals surface area (Å²) in [6.07, 6.45) is 0. The minimum absolute atomic E-state index is 0.183. The summed E-state index contributed by atoms with van der Waals surface area (Å²) in [5, 5.41) is 13.7. The molecule has 1 N–H and O–H groups in total. The van der Waals surface area contributed by atoms with Crippen LogP contribution in [0.15, 0.2) is 51.7 Å². The Labute approximate surface area is 148 Å². The summed E-state index contributed by atoms with van der Waals surface area (Å²) in [6.45, 7) is 3.72. The smallest absolute Gasteiger partial charge is 0.408 e. The van der Waals surface area contributed by atoms with E-state index in [0.717, 1.165) is 10.1 Å². The summed E-state index contributed by atoms with van der Waals surface area (Å²) < 4.78 is 6.13. The van der Waals surface area contributed by atoms with E-state index >= 15 is 0 Å². The summed E-state index contributed by atoms with van der Waals surface area (Å²) in [6, 6.07) is 11.2. The number of benzene rings is 2. The number of hydrogen-bond donors (Lipinski definition) is 1. The predicted molar refractivity (Wildman–Crippen MR) is 96.3 cm³/mol. The monoisotopic (exact) mass is 355 g/mol. The Hall–Kier alpha value is -3.42. The molecule has 0 unspecified atom stereocenters. The highest BCUT2D eigenvalue weighted by atomic mass is 16.6. The Morgan fingerprint density at radius 1 is 1.27 bits per heavy atom. The van der Waals surface area contributed by atoms with Crippen LogP contribution in [0.1, 0.15) is 25.3 Å². The molecule has 1 aromatic heterocycles. The molecule has 0 aliphatic heterocycles. The van der Waals surface area contributed by atoms with Crippen molar-refractivity contribution in [3.05, 3.63) is 68.7 Å². The third-order valence-corrected chi connectivity index (χ3v) is 4.02. The molecule has 26 heavy (non-hydrogen) atoms. The first-order valence-corrected chi connectivity index (χ1v) is 8.03. The Balaban J connectivity index is 1.90. The van der Waals surface area contributed by atoms with Crippen molar-refractivity contribution in [1.82, 2.24) is 4.57 Å². The molecule has 0 fully saturated rings. The van der Waals surface area contributed by atoms with Crippen molar-refractivity contribution in [3.63, 3.8) is 0 Å². The molecule has 0 bridgehead atoms. The van der Waals surface area contributed by atoms with Crippen LogP contribution in [0.3, 0.4) is 0 Å². The molecule has 8 nitrogen and oxygen atoms in total. The van der Waals surface area contributed by atoms with Crippen LogP contribution in [0.2, 0.25) is 0 Å². The quantitative estimate of drug-likeness (QED) is 0.558. The van der Waals surface area contributed by atoms with Gasteiger partial charge < -0.3 is 9.73 Å². The Bertz CT molecular complexity index is 1050. The topological polar surface area (TPSA) is 107 Å². The molecule has 3 aromatic rings. The van der Waals surface area contributed by atoms with E-state index < -0.39 is 16.6 Å². The van der Waals surface area contributed by atoms with Gasteiger partial charge in [-0.1, -0.05) is 32.0 Å². The molecule has 0 aliphatic carbocycles. The van der Waals surface area contributed by atoms with E-state index in [-0.39, 0.29) is 29.2 Å². The van der Waals surface area contributed by atoms with Gasteiger partial charge in [0, 0.05) is 17.8 Å². The lowest BCUT2D eigenvalue weighted by Crippen LogP contribution is -2.25. The number of nitrogens with one attached hydrogen (secondary N) is 1. The summed E-state index contributed by atoms with van der Waals surface area (Å²) in [4.78, 5) is 34.8. The van der Waals surface area contributed by atoms with Gasteiger partial charge in [-0.25, -0.2) is 4.79 Å². The van der Waals surface area contributed by atoms with Crippen LogP contribution in [-0.2, 0) is 11.3 Å². The maximum Gasteiger partial charge on any atom is 0.420 e. The zero-order chi connectivity index (χ0) is 18.8. The van der Waals surface area contributed by atoms with Crippen LogP contribution in [0.4, 0.5) is 11.4 Å². The van der Waals surface area contributed by atoms with Crippen LogP contribution in [0, 0.1) is 10.1 Å². The van der Waals surface area contributed by atoms with E-state index in [0.29, 0.717) is 5.69 Å². The standard InChI is InChI=1S/C18H17N3O5/c1-11(2)13-5-3-4-6-14(13)19-17(22)10-20-15-9-12(21(24)25)7-8-16(15)26-18(20)23/h3-9,11H,10H2,1-2H3,(H,19,22). The van der Waals surface area contributed by atoms with Crippen molar-refractivity contribution in [2.75, 3.05) is 5.32 Å². The fourth-order valence-corrected chi connectivity index (χ4v) is 2.76. The van der Waals surface area contributed by atoms with Crippen LogP contribution >= 0.6 is 0 Å². The molecule has 1 heterocycles. The first-order valence-electron chi connectivity index (χ1n) is 8.03. The number of para-hydroxylation sites is 1.